The second kappa shape index (κ2) is 7.74. The van der Waals surface area contributed by atoms with Crippen molar-refractivity contribution in [2.24, 2.45) is 0 Å². The van der Waals surface area contributed by atoms with Gasteiger partial charge in [0.1, 0.15) is 18.0 Å². The lowest BCUT2D eigenvalue weighted by Gasteiger charge is -2.28. The zero-order valence-electron chi connectivity index (χ0n) is 12.7. The van der Waals surface area contributed by atoms with Gasteiger partial charge in [0.25, 0.3) is 0 Å². The Hall–Kier alpha value is -2.15. The zero-order chi connectivity index (χ0) is 15.9. The molecule has 1 aliphatic rings. The van der Waals surface area contributed by atoms with Crippen molar-refractivity contribution in [3.05, 3.63) is 47.3 Å². The lowest BCUT2D eigenvalue weighted by atomic mass is 9.82. The number of halogens is 1. The quantitative estimate of drug-likeness (QED) is 0.617. The van der Waals surface area contributed by atoms with Gasteiger partial charge in [0, 0.05) is 6.08 Å². The summed E-state index contributed by atoms with van der Waals surface area (Å²) < 4.78 is 19.1. The highest BCUT2D eigenvalue weighted by molar-refractivity contribution is 5.82. The lowest BCUT2D eigenvalue weighted by molar-refractivity contribution is -0.144. The lowest BCUT2D eigenvalue weighted by Crippen LogP contribution is -2.23. The van der Waals surface area contributed by atoms with E-state index in [2.05, 4.69) is 0 Å². The Labute approximate surface area is 130 Å². The van der Waals surface area contributed by atoms with Crippen molar-refractivity contribution in [3.63, 3.8) is 0 Å². The van der Waals surface area contributed by atoms with Crippen molar-refractivity contribution < 1.29 is 13.9 Å². The highest BCUT2D eigenvalue weighted by Gasteiger charge is 2.24. The molecule has 1 aromatic carbocycles. The summed E-state index contributed by atoms with van der Waals surface area (Å²) >= 11 is 0. The van der Waals surface area contributed by atoms with Crippen molar-refractivity contribution in [1.29, 1.82) is 5.26 Å². The fourth-order valence-corrected chi connectivity index (χ4v) is 2.81. The third kappa shape index (κ3) is 4.17. The van der Waals surface area contributed by atoms with Crippen LogP contribution in [0.2, 0.25) is 0 Å². The third-order valence-corrected chi connectivity index (χ3v) is 4.03. The molecular weight excluding hydrogens is 281 g/mol. The van der Waals surface area contributed by atoms with E-state index in [9.17, 15) is 9.18 Å². The van der Waals surface area contributed by atoms with E-state index in [1.165, 1.54) is 18.2 Å². The number of rotatable bonds is 4. The van der Waals surface area contributed by atoms with E-state index in [1.807, 2.05) is 19.1 Å². The summed E-state index contributed by atoms with van der Waals surface area (Å²) in [7, 11) is 0. The first-order chi connectivity index (χ1) is 10.6. The minimum absolute atomic E-state index is 0.0477. The molecule has 0 aromatic heterocycles. The van der Waals surface area contributed by atoms with Gasteiger partial charge in [-0.1, -0.05) is 19.1 Å². The third-order valence-electron chi connectivity index (χ3n) is 4.03. The van der Waals surface area contributed by atoms with Gasteiger partial charge in [0.2, 0.25) is 0 Å². The van der Waals surface area contributed by atoms with E-state index < -0.39 is 5.82 Å². The molecule has 0 bridgehead atoms. The van der Waals surface area contributed by atoms with Crippen molar-refractivity contribution in [2.75, 3.05) is 0 Å². The summed E-state index contributed by atoms with van der Waals surface area (Å²) in [5.41, 5.74) is 1.00. The molecule has 0 aliphatic heterocycles. The van der Waals surface area contributed by atoms with E-state index in [4.69, 9.17) is 10.00 Å². The monoisotopic (exact) mass is 301 g/mol. The van der Waals surface area contributed by atoms with Gasteiger partial charge in [-0.05, 0) is 55.7 Å². The first-order valence-electron chi connectivity index (χ1n) is 7.70. The summed E-state index contributed by atoms with van der Waals surface area (Å²) in [6.45, 7) is 1.96. The van der Waals surface area contributed by atoms with Crippen LogP contribution in [-0.4, -0.2) is 12.1 Å². The Morgan fingerprint density at radius 1 is 1.41 bits per heavy atom. The van der Waals surface area contributed by atoms with E-state index in [0.717, 1.165) is 37.7 Å². The van der Waals surface area contributed by atoms with Crippen LogP contribution < -0.4 is 0 Å². The van der Waals surface area contributed by atoms with E-state index >= 15 is 0 Å². The maximum Gasteiger partial charge on any atom is 0.330 e. The van der Waals surface area contributed by atoms with Gasteiger partial charge in [-0.3, -0.25) is 0 Å². The van der Waals surface area contributed by atoms with Gasteiger partial charge in [0.05, 0.1) is 5.56 Å². The summed E-state index contributed by atoms with van der Waals surface area (Å²) in [5, 5.41) is 8.76. The number of benzene rings is 1. The van der Waals surface area contributed by atoms with E-state index in [-0.39, 0.29) is 23.6 Å². The molecule has 0 amide bonds. The van der Waals surface area contributed by atoms with Crippen LogP contribution in [0.4, 0.5) is 4.39 Å². The van der Waals surface area contributed by atoms with Crippen LogP contribution in [0, 0.1) is 17.1 Å². The number of ether oxygens (including phenoxy) is 1. The molecule has 0 spiro atoms. The van der Waals surface area contributed by atoms with Gasteiger partial charge in [-0.25, -0.2) is 9.18 Å². The first kappa shape index (κ1) is 16.2. The van der Waals surface area contributed by atoms with Crippen LogP contribution in [0.25, 0.3) is 0 Å². The molecule has 0 atom stereocenters. The van der Waals surface area contributed by atoms with Crippen molar-refractivity contribution >= 4 is 5.97 Å². The maximum atomic E-state index is 13.7. The molecule has 0 radical (unpaired) electrons. The first-order valence-corrected chi connectivity index (χ1v) is 7.70. The molecule has 0 N–H and O–H groups in total. The Morgan fingerprint density at radius 3 is 2.73 bits per heavy atom. The molecule has 0 saturated heterocycles. The van der Waals surface area contributed by atoms with Gasteiger partial charge >= 0.3 is 5.97 Å². The van der Waals surface area contributed by atoms with Crippen LogP contribution in [0.1, 0.15) is 56.1 Å². The molecule has 1 saturated carbocycles. The average Bonchev–Trinajstić information content (AvgIpc) is 2.53. The number of carbonyl (C=O) groups is 1. The minimum atomic E-state index is -0.460. The van der Waals surface area contributed by atoms with Crippen molar-refractivity contribution in [2.45, 2.75) is 51.0 Å². The summed E-state index contributed by atoms with van der Waals surface area (Å²) in [6, 6.07) is 6.65. The molecule has 2 rings (SSSR count). The fourth-order valence-electron chi connectivity index (χ4n) is 2.81. The molecule has 0 heterocycles. The predicted molar refractivity (Wildman–Crippen MR) is 81.6 cm³/mol. The topological polar surface area (TPSA) is 50.1 Å². The molecule has 22 heavy (non-hydrogen) atoms. The summed E-state index contributed by atoms with van der Waals surface area (Å²) in [4.78, 5) is 11.5. The number of esters is 1. The van der Waals surface area contributed by atoms with E-state index in [1.54, 1.807) is 6.08 Å². The Bertz CT molecular complexity index is 596. The number of allylic oxidation sites excluding steroid dienone is 1. The smallest absolute Gasteiger partial charge is 0.330 e. The summed E-state index contributed by atoms with van der Waals surface area (Å²) in [6.07, 6.45) is 7.33. The Morgan fingerprint density at radius 2 is 2.14 bits per heavy atom. The highest BCUT2D eigenvalue weighted by atomic mass is 19.1. The normalized spacial score (nSPS) is 21.5. The SMILES string of the molecule is CC/C=C/C(=O)OC1CCC(c2ccc(C#N)c(F)c2)CC1. The Kier molecular flexibility index (Phi) is 5.71. The van der Waals surface area contributed by atoms with Crippen LogP contribution >= 0.6 is 0 Å². The van der Waals surface area contributed by atoms with Crippen LogP contribution in [0.5, 0.6) is 0 Å². The second-order valence-corrected chi connectivity index (χ2v) is 5.57. The van der Waals surface area contributed by atoms with Gasteiger partial charge in [0.15, 0.2) is 0 Å². The molecule has 4 heteroatoms. The molecule has 1 aliphatic carbocycles. The van der Waals surface area contributed by atoms with Crippen molar-refractivity contribution in [1.82, 2.24) is 0 Å². The number of nitriles is 1. The number of nitrogens with zero attached hydrogens (tertiary/aromatic N) is 1. The molecule has 1 fully saturated rings. The van der Waals surface area contributed by atoms with Crippen LogP contribution in [-0.2, 0) is 9.53 Å². The van der Waals surface area contributed by atoms with E-state index in [0.29, 0.717) is 0 Å². The van der Waals surface area contributed by atoms with Gasteiger partial charge in [-0.15, -0.1) is 0 Å². The molecular formula is C18H20FNO2. The van der Waals surface area contributed by atoms with Gasteiger partial charge in [-0.2, -0.15) is 5.26 Å². The van der Waals surface area contributed by atoms with Crippen molar-refractivity contribution in [3.8, 4) is 6.07 Å². The molecule has 116 valence electrons. The maximum absolute atomic E-state index is 13.7. The Balaban J connectivity index is 1.89. The van der Waals surface area contributed by atoms with Crippen LogP contribution in [0.3, 0.4) is 0 Å². The van der Waals surface area contributed by atoms with Crippen LogP contribution in [0.15, 0.2) is 30.4 Å². The highest BCUT2D eigenvalue weighted by Crippen LogP contribution is 2.34. The number of hydrogen-bond donors (Lipinski definition) is 0. The predicted octanol–water partition coefficient (Wildman–Crippen LogP) is 4.23. The largest absolute Gasteiger partial charge is 0.459 e. The van der Waals surface area contributed by atoms with Gasteiger partial charge < -0.3 is 4.74 Å². The average molecular weight is 301 g/mol. The minimum Gasteiger partial charge on any atom is -0.459 e. The number of carbonyl (C=O) groups excluding carboxylic acids is 1. The molecule has 1 aromatic rings. The molecule has 3 nitrogen and oxygen atoms in total. The number of hydrogen-bond acceptors (Lipinski definition) is 3. The summed E-state index contributed by atoms with van der Waals surface area (Å²) in [5.74, 6) is -0.476. The molecule has 0 unspecified atom stereocenters. The second-order valence-electron chi connectivity index (χ2n) is 5.57. The standard InChI is InChI=1S/C18H20FNO2/c1-2-3-4-18(21)22-16-9-7-13(8-10-16)14-5-6-15(12-20)17(19)11-14/h3-6,11,13,16H,2,7-10H2,1H3/b4-3+. The fraction of sp³-hybridized carbons (Fsp3) is 0.444. The zero-order valence-corrected chi connectivity index (χ0v) is 12.7.